The summed E-state index contributed by atoms with van der Waals surface area (Å²) in [4.78, 5) is 22.9. The zero-order valence-corrected chi connectivity index (χ0v) is 16.7. The summed E-state index contributed by atoms with van der Waals surface area (Å²) >= 11 is 1.02. The number of carbonyl (C=O) groups excluding carboxylic acids is 1. The second kappa shape index (κ2) is 8.31. The molecule has 0 saturated carbocycles. The first kappa shape index (κ1) is 20.3. The predicted molar refractivity (Wildman–Crippen MR) is 104 cm³/mol. The number of aryl methyl sites for hydroxylation is 2. The van der Waals surface area contributed by atoms with Crippen LogP contribution in [0.1, 0.15) is 18.1 Å². The van der Waals surface area contributed by atoms with Crippen molar-refractivity contribution in [1.82, 2.24) is 5.27 Å². The molecule has 0 aliphatic carbocycles. The maximum Gasteiger partial charge on any atom is 0.298 e. The SMILES string of the molecule is Cc1ccc(-[n+]2noc([O-])c2SC(C)C(=O)Nc2ccc([N+](=O)[O-])cc2C)cc1. The molecule has 29 heavy (non-hydrogen) atoms. The average molecular weight is 414 g/mol. The molecule has 1 unspecified atom stereocenters. The van der Waals surface area contributed by atoms with Crippen molar-refractivity contribution < 1.29 is 24.0 Å². The molecule has 0 aliphatic rings. The molecule has 0 bridgehead atoms. The summed E-state index contributed by atoms with van der Waals surface area (Å²) in [5.74, 6) is -0.996. The van der Waals surface area contributed by atoms with Gasteiger partial charge in [-0.25, -0.2) is 0 Å². The molecule has 1 heterocycles. The van der Waals surface area contributed by atoms with Gasteiger partial charge in [0.05, 0.1) is 15.4 Å². The number of amides is 1. The zero-order chi connectivity index (χ0) is 21.1. The van der Waals surface area contributed by atoms with Crippen molar-refractivity contribution in [3.8, 4) is 11.6 Å². The van der Waals surface area contributed by atoms with Gasteiger partial charge in [0.25, 0.3) is 10.7 Å². The van der Waals surface area contributed by atoms with Gasteiger partial charge in [0, 0.05) is 30.0 Å². The monoisotopic (exact) mass is 414 g/mol. The number of aromatic nitrogens is 2. The predicted octanol–water partition coefficient (Wildman–Crippen LogP) is 2.67. The molecule has 1 aromatic heterocycles. The number of nitro benzene ring substituents is 1. The summed E-state index contributed by atoms with van der Waals surface area (Å²) in [5.41, 5.74) is 2.67. The maximum absolute atomic E-state index is 12.6. The van der Waals surface area contributed by atoms with E-state index >= 15 is 0 Å². The lowest BCUT2D eigenvalue weighted by Crippen LogP contribution is -2.36. The number of nitrogens with zero attached hydrogens (tertiary/aromatic N) is 3. The van der Waals surface area contributed by atoms with Crippen LogP contribution in [0, 0.1) is 24.0 Å². The number of hydrogen-bond donors (Lipinski definition) is 1. The van der Waals surface area contributed by atoms with E-state index in [1.165, 1.54) is 22.9 Å². The van der Waals surface area contributed by atoms with Gasteiger partial charge in [0.1, 0.15) is 0 Å². The van der Waals surface area contributed by atoms with E-state index in [9.17, 15) is 20.0 Å². The third-order valence-corrected chi connectivity index (χ3v) is 5.32. The fourth-order valence-corrected chi connectivity index (χ4v) is 3.42. The van der Waals surface area contributed by atoms with Gasteiger partial charge in [-0.1, -0.05) is 17.7 Å². The first-order chi connectivity index (χ1) is 13.8. The molecule has 0 radical (unpaired) electrons. The smallest absolute Gasteiger partial charge is 0.298 e. The fourth-order valence-electron chi connectivity index (χ4n) is 2.55. The number of hydrogen-bond acceptors (Lipinski definition) is 7. The van der Waals surface area contributed by atoms with Crippen LogP contribution < -0.4 is 15.1 Å². The van der Waals surface area contributed by atoms with Crippen molar-refractivity contribution in [1.29, 1.82) is 0 Å². The highest BCUT2D eigenvalue weighted by molar-refractivity contribution is 8.00. The number of rotatable bonds is 6. The van der Waals surface area contributed by atoms with Crippen molar-refractivity contribution >= 4 is 29.0 Å². The molecular formula is C19H18N4O5S. The number of non-ortho nitro benzene ring substituents is 1. The van der Waals surface area contributed by atoms with E-state index in [0.29, 0.717) is 16.9 Å². The van der Waals surface area contributed by atoms with Crippen molar-refractivity contribution in [2.45, 2.75) is 31.0 Å². The fraction of sp³-hybridized carbons (Fsp3) is 0.211. The van der Waals surface area contributed by atoms with Crippen LogP contribution in [0.2, 0.25) is 0 Å². The number of anilines is 1. The van der Waals surface area contributed by atoms with Crippen molar-refractivity contribution in [2.75, 3.05) is 5.32 Å². The van der Waals surface area contributed by atoms with E-state index in [2.05, 4.69) is 10.6 Å². The largest absolute Gasteiger partial charge is 0.538 e. The Bertz CT molecular complexity index is 1060. The Balaban J connectivity index is 1.76. The molecule has 9 nitrogen and oxygen atoms in total. The van der Waals surface area contributed by atoms with Crippen molar-refractivity contribution in [3.63, 3.8) is 0 Å². The second-order valence-corrected chi connectivity index (χ2v) is 7.75. The molecule has 0 spiro atoms. The van der Waals surface area contributed by atoms with Gasteiger partial charge >= 0.3 is 0 Å². The molecule has 0 saturated heterocycles. The Morgan fingerprint density at radius 3 is 2.55 bits per heavy atom. The molecule has 2 aromatic carbocycles. The van der Waals surface area contributed by atoms with E-state index in [1.807, 2.05) is 19.1 Å². The lowest BCUT2D eigenvalue weighted by molar-refractivity contribution is -0.705. The van der Waals surface area contributed by atoms with Gasteiger partial charge in [-0.2, -0.15) is 0 Å². The quantitative estimate of drug-likeness (QED) is 0.284. The third-order valence-electron chi connectivity index (χ3n) is 4.19. The summed E-state index contributed by atoms with van der Waals surface area (Å²) in [6.45, 7) is 5.26. The Morgan fingerprint density at radius 2 is 1.93 bits per heavy atom. The lowest BCUT2D eigenvalue weighted by Gasteiger charge is -2.12. The molecular weight excluding hydrogens is 396 g/mol. The first-order valence-electron chi connectivity index (χ1n) is 8.65. The maximum atomic E-state index is 12.6. The first-order valence-corrected chi connectivity index (χ1v) is 9.53. The zero-order valence-electron chi connectivity index (χ0n) is 15.9. The van der Waals surface area contributed by atoms with Gasteiger partial charge in [-0.3, -0.25) is 14.9 Å². The highest BCUT2D eigenvalue weighted by Crippen LogP contribution is 2.29. The molecule has 1 atom stereocenters. The van der Waals surface area contributed by atoms with Crippen LogP contribution in [-0.4, -0.2) is 21.4 Å². The molecule has 10 heteroatoms. The van der Waals surface area contributed by atoms with Crippen LogP contribution in [0.15, 0.2) is 52.0 Å². The highest BCUT2D eigenvalue weighted by Gasteiger charge is 2.27. The van der Waals surface area contributed by atoms with E-state index in [-0.39, 0.29) is 16.6 Å². The Labute approximate surface area is 170 Å². The van der Waals surface area contributed by atoms with Crippen LogP contribution in [0.25, 0.3) is 5.69 Å². The summed E-state index contributed by atoms with van der Waals surface area (Å²) in [5, 5.41) is 29.0. The number of nitrogens with one attached hydrogen (secondary N) is 1. The number of nitro groups is 1. The van der Waals surface area contributed by atoms with E-state index in [0.717, 1.165) is 17.3 Å². The van der Waals surface area contributed by atoms with Crippen molar-refractivity contribution in [2.24, 2.45) is 0 Å². The summed E-state index contributed by atoms with van der Waals surface area (Å²) < 4.78 is 6.13. The topological polar surface area (TPSA) is 125 Å². The summed E-state index contributed by atoms with van der Waals surface area (Å²) in [7, 11) is 0. The lowest BCUT2D eigenvalue weighted by atomic mass is 10.2. The Hall–Kier alpha value is -3.40. The molecule has 0 fully saturated rings. The number of benzene rings is 2. The highest BCUT2D eigenvalue weighted by atomic mass is 32.2. The molecule has 3 aromatic rings. The van der Waals surface area contributed by atoms with Crippen LogP contribution in [-0.2, 0) is 4.79 Å². The molecule has 1 N–H and O–H groups in total. The van der Waals surface area contributed by atoms with E-state index < -0.39 is 16.1 Å². The molecule has 150 valence electrons. The second-order valence-electron chi connectivity index (χ2n) is 6.42. The third kappa shape index (κ3) is 4.54. The molecule has 3 rings (SSSR count). The molecule has 0 aliphatic heterocycles. The number of thioether (sulfide) groups is 1. The minimum Gasteiger partial charge on any atom is -0.538 e. The minimum absolute atomic E-state index is 0.0532. The van der Waals surface area contributed by atoms with Gasteiger partial charge < -0.3 is 14.9 Å². The van der Waals surface area contributed by atoms with Crippen LogP contribution in [0.5, 0.6) is 5.95 Å². The van der Waals surface area contributed by atoms with Crippen LogP contribution >= 0.6 is 11.8 Å². The standard InChI is InChI=1S/C19H18N4O5S/c1-11-4-6-14(7-5-11)22-18(19(25)28-21-22)29-13(3)17(24)20-16-9-8-15(23(26)27)10-12(16)2/h4-10,13H,1-3H3,(H-,20,21,24,25). The van der Waals surface area contributed by atoms with Gasteiger partial charge in [0.15, 0.2) is 5.95 Å². The Morgan fingerprint density at radius 1 is 1.24 bits per heavy atom. The van der Waals surface area contributed by atoms with Gasteiger partial charge in [-0.15, -0.1) is 0 Å². The Kier molecular flexibility index (Phi) is 5.83. The summed E-state index contributed by atoms with van der Waals surface area (Å²) in [6.07, 6.45) is 0. The van der Waals surface area contributed by atoms with Gasteiger partial charge in [0.2, 0.25) is 11.6 Å². The normalized spacial score (nSPS) is 11.8. The van der Waals surface area contributed by atoms with Gasteiger partial charge in [-0.05, 0) is 48.8 Å². The van der Waals surface area contributed by atoms with Crippen LogP contribution in [0.3, 0.4) is 0 Å². The van der Waals surface area contributed by atoms with E-state index in [1.54, 1.807) is 26.0 Å². The minimum atomic E-state index is -0.645. The van der Waals surface area contributed by atoms with E-state index in [4.69, 9.17) is 4.52 Å². The average Bonchev–Trinajstić information content (AvgIpc) is 3.04. The van der Waals surface area contributed by atoms with Crippen molar-refractivity contribution in [3.05, 3.63) is 63.7 Å². The number of carbonyl (C=O) groups is 1. The molecule has 1 amide bonds. The summed E-state index contributed by atoms with van der Waals surface area (Å²) in [6, 6.07) is 11.5. The van der Waals surface area contributed by atoms with Crippen LogP contribution in [0.4, 0.5) is 11.4 Å².